The Bertz CT molecular complexity index is 469. The maximum Gasteiger partial charge on any atom is 0.128 e. The van der Waals surface area contributed by atoms with E-state index in [2.05, 4.69) is 18.7 Å². The maximum atomic E-state index is 13.5. The molecule has 1 fully saturated rings. The number of aliphatic hydroxyl groups excluding tert-OH is 1. The summed E-state index contributed by atoms with van der Waals surface area (Å²) in [6.45, 7) is 7.61. The van der Waals surface area contributed by atoms with E-state index in [0.29, 0.717) is 30.7 Å². The summed E-state index contributed by atoms with van der Waals surface area (Å²) < 4.78 is 24.5. The van der Waals surface area contributed by atoms with Gasteiger partial charge in [-0.15, -0.1) is 0 Å². The number of rotatable bonds is 8. The van der Waals surface area contributed by atoms with Crippen molar-refractivity contribution < 1.29 is 19.0 Å². The van der Waals surface area contributed by atoms with Crippen molar-refractivity contribution in [2.24, 2.45) is 5.92 Å². The summed E-state index contributed by atoms with van der Waals surface area (Å²) in [5.74, 6) is 0.325. The summed E-state index contributed by atoms with van der Waals surface area (Å²) in [5, 5.41) is 10.2. The molecule has 0 aliphatic carbocycles. The Labute approximate surface area is 138 Å². The Kier molecular flexibility index (Phi) is 7.43. The molecule has 1 saturated heterocycles. The molecule has 0 aromatic heterocycles. The minimum atomic E-state index is -0.575. The quantitative estimate of drug-likeness (QED) is 0.797. The lowest BCUT2D eigenvalue weighted by Crippen LogP contribution is -2.49. The molecule has 23 heavy (non-hydrogen) atoms. The number of hydrogen-bond acceptors (Lipinski definition) is 4. The normalized spacial score (nSPS) is 20.8. The summed E-state index contributed by atoms with van der Waals surface area (Å²) in [6, 6.07) is 6.90. The van der Waals surface area contributed by atoms with Crippen LogP contribution in [-0.2, 0) is 16.1 Å². The van der Waals surface area contributed by atoms with E-state index in [1.807, 2.05) is 0 Å². The van der Waals surface area contributed by atoms with Crippen molar-refractivity contribution in [1.29, 1.82) is 0 Å². The van der Waals surface area contributed by atoms with Crippen LogP contribution in [0.3, 0.4) is 0 Å². The SMILES string of the molecule is CC(C)CC1COCCN1CC(O)COCc1ccccc1F. The van der Waals surface area contributed by atoms with Gasteiger partial charge >= 0.3 is 0 Å². The van der Waals surface area contributed by atoms with E-state index in [4.69, 9.17) is 9.47 Å². The van der Waals surface area contributed by atoms with Crippen LogP contribution in [-0.4, -0.2) is 55.1 Å². The third-order valence-corrected chi connectivity index (χ3v) is 4.06. The van der Waals surface area contributed by atoms with Crippen LogP contribution >= 0.6 is 0 Å². The molecule has 0 spiro atoms. The molecule has 0 radical (unpaired) electrons. The number of hydrogen-bond donors (Lipinski definition) is 1. The summed E-state index contributed by atoms with van der Waals surface area (Å²) >= 11 is 0. The van der Waals surface area contributed by atoms with E-state index in [1.165, 1.54) is 6.07 Å². The van der Waals surface area contributed by atoms with Crippen LogP contribution in [0, 0.1) is 11.7 Å². The van der Waals surface area contributed by atoms with E-state index in [1.54, 1.807) is 18.2 Å². The molecular weight excluding hydrogens is 297 g/mol. The number of β-amino-alcohol motifs (C(OH)–C–C–N with tert-alkyl or cyclic N) is 1. The smallest absolute Gasteiger partial charge is 0.128 e. The monoisotopic (exact) mass is 325 g/mol. The molecule has 1 N–H and O–H groups in total. The Morgan fingerprint density at radius 2 is 2.17 bits per heavy atom. The second kappa shape index (κ2) is 9.33. The molecular formula is C18H28FNO3. The lowest BCUT2D eigenvalue weighted by Gasteiger charge is -2.37. The molecule has 1 aliphatic rings. The van der Waals surface area contributed by atoms with Gasteiger partial charge in [0.25, 0.3) is 0 Å². The molecule has 2 rings (SSSR count). The zero-order chi connectivity index (χ0) is 16.7. The molecule has 5 heteroatoms. The third-order valence-electron chi connectivity index (χ3n) is 4.06. The molecule has 1 heterocycles. The molecule has 1 aromatic carbocycles. The predicted molar refractivity (Wildman–Crippen MR) is 87.7 cm³/mol. The minimum Gasteiger partial charge on any atom is -0.389 e. The van der Waals surface area contributed by atoms with Gasteiger partial charge in [0.2, 0.25) is 0 Å². The summed E-state index contributed by atoms with van der Waals surface area (Å²) in [6.07, 6.45) is 0.484. The van der Waals surface area contributed by atoms with Gasteiger partial charge in [0.05, 0.1) is 32.5 Å². The van der Waals surface area contributed by atoms with Crippen molar-refractivity contribution in [2.45, 2.75) is 39.0 Å². The van der Waals surface area contributed by atoms with Crippen LogP contribution in [0.5, 0.6) is 0 Å². The average molecular weight is 325 g/mol. The molecule has 2 unspecified atom stereocenters. The Hall–Kier alpha value is -1.01. The largest absolute Gasteiger partial charge is 0.389 e. The number of benzene rings is 1. The highest BCUT2D eigenvalue weighted by Crippen LogP contribution is 2.16. The van der Waals surface area contributed by atoms with Gasteiger partial charge < -0.3 is 14.6 Å². The van der Waals surface area contributed by atoms with E-state index in [0.717, 1.165) is 19.6 Å². The Balaban J connectivity index is 1.74. The Morgan fingerprint density at radius 1 is 1.39 bits per heavy atom. The maximum absolute atomic E-state index is 13.5. The van der Waals surface area contributed by atoms with Crippen molar-refractivity contribution in [3.8, 4) is 0 Å². The minimum absolute atomic E-state index is 0.183. The van der Waals surface area contributed by atoms with Crippen molar-refractivity contribution in [3.63, 3.8) is 0 Å². The molecule has 0 bridgehead atoms. The first-order valence-corrected chi connectivity index (χ1v) is 8.37. The van der Waals surface area contributed by atoms with E-state index < -0.39 is 6.10 Å². The first-order chi connectivity index (χ1) is 11.1. The summed E-state index contributed by atoms with van der Waals surface area (Å²) in [4.78, 5) is 2.28. The molecule has 1 aromatic rings. The second-order valence-corrected chi connectivity index (χ2v) is 6.61. The average Bonchev–Trinajstić information content (AvgIpc) is 2.51. The third kappa shape index (κ3) is 6.18. The lowest BCUT2D eigenvalue weighted by atomic mass is 10.0. The van der Waals surface area contributed by atoms with Gasteiger partial charge in [0.1, 0.15) is 5.82 Å². The molecule has 0 amide bonds. The molecule has 2 atom stereocenters. The van der Waals surface area contributed by atoms with Crippen molar-refractivity contribution in [3.05, 3.63) is 35.6 Å². The predicted octanol–water partition coefficient (Wildman–Crippen LogP) is 2.45. The summed E-state index contributed by atoms with van der Waals surface area (Å²) in [7, 11) is 0. The number of halogens is 1. The van der Waals surface area contributed by atoms with Crippen LogP contribution in [0.25, 0.3) is 0 Å². The van der Waals surface area contributed by atoms with Gasteiger partial charge in [0, 0.05) is 24.7 Å². The zero-order valence-corrected chi connectivity index (χ0v) is 14.1. The summed E-state index contributed by atoms with van der Waals surface area (Å²) in [5.41, 5.74) is 0.517. The van der Waals surface area contributed by atoms with Gasteiger partial charge in [-0.05, 0) is 18.4 Å². The van der Waals surface area contributed by atoms with Crippen LogP contribution in [0.2, 0.25) is 0 Å². The van der Waals surface area contributed by atoms with E-state index >= 15 is 0 Å². The first kappa shape index (κ1) is 18.3. The van der Waals surface area contributed by atoms with Crippen molar-refractivity contribution in [2.75, 3.05) is 32.9 Å². The van der Waals surface area contributed by atoms with Gasteiger partial charge in [-0.25, -0.2) is 4.39 Å². The van der Waals surface area contributed by atoms with Gasteiger partial charge in [-0.1, -0.05) is 32.0 Å². The highest BCUT2D eigenvalue weighted by molar-refractivity contribution is 5.16. The molecule has 130 valence electrons. The van der Waals surface area contributed by atoms with E-state index in [-0.39, 0.29) is 19.0 Å². The highest BCUT2D eigenvalue weighted by Gasteiger charge is 2.25. The van der Waals surface area contributed by atoms with Crippen molar-refractivity contribution in [1.82, 2.24) is 4.90 Å². The standard InChI is InChI=1S/C18H28FNO3/c1-14(2)9-16-12-22-8-7-20(16)10-17(21)13-23-11-15-5-3-4-6-18(15)19/h3-6,14,16-17,21H,7-13H2,1-2H3. The number of ether oxygens (including phenoxy) is 2. The second-order valence-electron chi connectivity index (χ2n) is 6.61. The van der Waals surface area contributed by atoms with Gasteiger partial charge in [-0.3, -0.25) is 4.90 Å². The molecule has 0 saturated carbocycles. The zero-order valence-electron chi connectivity index (χ0n) is 14.1. The van der Waals surface area contributed by atoms with Crippen LogP contribution in [0.1, 0.15) is 25.8 Å². The highest BCUT2D eigenvalue weighted by atomic mass is 19.1. The Morgan fingerprint density at radius 3 is 2.91 bits per heavy atom. The number of nitrogens with zero attached hydrogens (tertiary/aromatic N) is 1. The van der Waals surface area contributed by atoms with Gasteiger partial charge in [0.15, 0.2) is 0 Å². The van der Waals surface area contributed by atoms with Gasteiger partial charge in [-0.2, -0.15) is 0 Å². The van der Waals surface area contributed by atoms with Crippen molar-refractivity contribution >= 4 is 0 Å². The fraction of sp³-hybridized carbons (Fsp3) is 0.667. The fourth-order valence-corrected chi connectivity index (χ4v) is 2.93. The van der Waals surface area contributed by atoms with Crippen LogP contribution < -0.4 is 0 Å². The lowest BCUT2D eigenvalue weighted by molar-refractivity contribution is -0.0492. The van der Waals surface area contributed by atoms with Crippen LogP contribution in [0.15, 0.2) is 24.3 Å². The van der Waals surface area contributed by atoms with Crippen LogP contribution in [0.4, 0.5) is 4.39 Å². The molecule has 1 aliphatic heterocycles. The first-order valence-electron chi connectivity index (χ1n) is 8.37. The number of morpholine rings is 1. The number of aliphatic hydroxyl groups is 1. The topological polar surface area (TPSA) is 41.9 Å². The van der Waals surface area contributed by atoms with E-state index in [9.17, 15) is 9.50 Å². The fourth-order valence-electron chi connectivity index (χ4n) is 2.93. The molecule has 4 nitrogen and oxygen atoms in total.